The zero-order chi connectivity index (χ0) is 23.6. The van der Waals surface area contributed by atoms with Crippen LogP contribution in [0.25, 0.3) is 0 Å². The summed E-state index contributed by atoms with van der Waals surface area (Å²) < 4.78 is 15.8. The second kappa shape index (κ2) is 27.5. The van der Waals surface area contributed by atoms with Crippen molar-refractivity contribution in [1.82, 2.24) is 4.90 Å². The van der Waals surface area contributed by atoms with Crippen LogP contribution in [0.5, 0.6) is 0 Å². The number of likely N-dealkylation sites (tertiary alicyclic amines) is 1. The lowest BCUT2D eigenvalue weighted by Gasteiger charge is -2.16. The Balaban J connectivity index is -0.000000926. The summed E-state index contributed by atoms with van der Waals surface area (Å²) in [6, 6.07) is 0. The van der Waals surface area contributed by atoms with Gasteiger partial charge in [-0.15, -0.1) is 6.58 Å². The summed E-state index contributed by atoms with van der Waals surface area (Å²) in [5, 5.41) is 7.57. The highest BCUT2D eigenvalue weighted by Gasteiger charge is 2.34. The second-order valence-corrected chi connectivity index (χ2v) is 5.90. The fourth-order valence-corrected chi connectivity index (χ4v) is 2.68. The maximum atomic E-state index is 12.5. The standard InChI is InChI=1S/C18H31NO4.C2H6O.C2H6.CH2O/c1-4-6-8-17-16(7-5-2)15-19(18(17)20)9-10-22-13-14-23-12-11-21-3;1-2-3;2*1-2/h4,7,17H,1,5-6,8-15H2,2-3H3;3H,2H2,1H3;1-2H3;1H2/b16-7-;;;. The zero-order valence-corrected chi connectivity index (χ0v) is 19.9. The van der Waals surface area contributed by atoms with Gasteiger partial charge in [0.15, 0.2) is 0 Å². The van der Waals surface area contributed by atoms with E-state index in [1.54, 1.807) is 14.0 Å². The van der Waals surface area contributed by atoms with Gasteiger partial charge >= 0.3 is 0 Å². The summed E-state index contributed by atoms with van der Waals surface area (Å²) in [5.41, 5.74) is 1.25. The number of aliphatic hydroxyl groups is 1. The van der Waals surface area contributed by atoms with E-state index in [-0.39, 0.29) is 18.4 Å². The van der Waals surface area contributed by atoms with Gasteiger partial charge in [-0.1, -0.05) is 32.9 Å². The molecule has 1 aliphatic heterocycles. The van der Waals surface area contributed by atoms with Crippen LogP contribution < -0.4 is 0 Å². The van der Waals surface area contributed by atoms with E-state index in [1.165, 1.54) is 5.57 Å². The highest BCUT2D eigenvalue weighted by atomic mass is 16.5. The quantitative estimate of drug-likeness (QED) is 0.356. The Morgan fingerprint density at radius 1 is 1.10 bits per heavy atom. The van der Waals surface area contributed by atoms with Crippen molar-refractivity contribution in [1.29, 1.82) is 0 Å². The topological polar surface area (TPSA) is 85.3 Å². The fourth-order valence-electron chi connectivity index (χ4n) is 2.68. The maximum Gasteiger partial charge on any atom is 0.230 e. The molecule has 1 atom stereocenters. The lowest BCUT2D eigenvalue weighted by molar-refractivity contribution is -0.131. The number of carbonyl (C=O) groups is 2. The van der Waals surface area contributed by atoms with Gasteiger partial charge in [0.05, 0.1) is 39.0 Å². The molecule has 1 saturated heterocycles. The molecule has 0 radical (unpaired) electrons. The van der Waals surface area contributed by atoms with Crippen molar-refractivity contribution in [3.8, 4) is 0 Å². The molecule has 1 aliphatic rings. The van der Waals surface area contributed by atoms with Gasteiger partial charge in [-0.3, -0.25) is 4.79 Å². The minimum absolute atomic E-state index is 0.0327. The first kappa shape index (κ1) is 33.1. The number of carbonyl (C=O) groups excluding carboxylic acids is 2. The molecule has 1 amide bonds. The molecule has 178 valence electrons. The number of hydrogen-bond acceptors (Lipinski definition) is 6. The second-order valence-electron chi connectivity index (χ2n) is 5.90. The summed E-state index contributed by atoms with van der Waals surface area (Å²) in [4.78, 5) is 22.4. The summed E-state index contributed by atoms with van der Waals surface area (Å²) in [5.74, 6) is 0.261. The highest BCUT2D eigenvalue weighted by Crippen LogP contribution is 2.28. The fraction of sp³-hybridized carbons (Fsp3) is 0.739. The molecule has 0 spiro atoms. The molecular formula is C23H45NO6. The van der Waals surface area contributed by atoms with Crippen LogP contribution in [0.4, 0.5) is 0 Å². The van der Waals surface area contributed by atoms with Crippen LogP contribution in [0.1, 0.15) is 47.0 Å². The van der Waals surface area contributed by atoms with Crippen molar-refractivity contribution < 1.29 is 28.9 Å². The van der Waals surface area contributed by atoms with Crippen molar-refractivity contribution in [2.75, 3.05) is 59.8 Å². The molecule has 30 heavy (non-hydrogen) atoms. The van der Waals surface area contributed by atoms with Gasteiger partial charge in [0.2, 0.25) is 5.91 Å². The minimum Gasteiger partial charge on any atom is -0.397 e. The first-order chi connectivity index (χ1) is 14.7. The molecule has 0 aromatic heterocycles. The lowest BCUT2D eigenvalue weighted by Crippen LogP contribution is -2.31. The van der Waals surface area contributed by atoms with Crippen LogP contribution in [0, 0.1) is 5.92 Å². The van der Waals surface area contributed by atoms with E-state index in [9.17, 15) is 4.79 Å². The smallest absolute Gasteiger partial charge is 0.230 e. The Morgan fingerprint density at radius 3 is 2.13 bits per heavy atom. The molecular weight excluding hydrogens is 386 g/mol. The predicted octanol–water partition coefficient (Wildman–Crippen LogP) is 3.27. The highest BCUT2D eigenvalue weighted by molar-refractivity contribution is 5.85. The summed E-state index contributed by atoms with van der Waals surface area (Å²) in [6.45, 7) is 18.0. The van der Waals surface area contributed by atoms with E-state index in [4.69, 9.17) is 24.1 Å². The average molecular weight is 432 g/mol. The lowest BCUT2D eigenvalue weighted by atomic mass is 9.96. The molecule has 7 heteroatoms. The Bertz CT molecular complexity index is 414. The van der Waals surface area contributed by atoms with Gasteiger partial charge in [-0.2, -0.15) is 0 Å². The zero-order valence-electron chi connectivity index (χ0n) is 19.9. The van der Waals surface area contributed by atoms with Gasteiger partial charge in [0.1, 0.15) is 6.79 Å². The molecule has 1 N–H and O–H groups in total. The van der Waals surface area contributed by atoms with E-state index in [2.05, 4.69) is 19.6 Å². The molecule has 0 aromatic carbocycles. The van der Waals surface area contributed by atoms with Gasteiger partial charge in [-0.05, 0) is 31.8 Å². The van der Waals surface area contributed by atoms with Gasteiger partial charge in [0.25, 0.3) is 0 Å². The summed E-state index contributed by atoms with van der Waals surface area (Å²) in [6.07, 6.45) is 6.78. The van der Waals surface area contributed by atoms with Gasteiger partial charge < -0.3 is 29.0 Å². The number of amides is 1. The normalized spacial score (nSPS) is 16.1. The van der Waals surface area contributed by atoms with E-state index in [0.29, 0.717) is 39.6 Å². The van der Waals surface area contributed by atoms with Crippen LogP contribution in [0.2, 0.25) is 0 Å². The van der Waals surface area contributed by atoms with Gasteiger partial charge in [-0.25, -0.2) is 0 Å². The van der Waals surface area contributed by atoms with Crippen LogP contribution in [0.3, 0.4) is 0 Å². The Kier molecular flexibility index (Phi) is 30.3. The van der Waals surface area contributed by atoms with E-state index in [1.807, 2.05) is 31.6 Å². The number of rotatable bonds is 13. The van der Waals surface area contributed by atoms with Crippen LogP contribution in [-0.2, 0) is 23.8 Å². The van der Waals surface area contributed by atoms with Crippen LogP contribution in [-0.4, -0.2) is 82.5 Å². The average Bonchev–Trinajstić information content (AvgIpc) is 3.06. The molecule has 0 aliphatic carbocycles. The first-order valence-electron chi connectivity index (χ1n) is 10.8. The third-order valence-corrected chi connectivity index (χ3v) is 3.87. The van der Waals surface area contributed by atoms with Crippen molar-refractivity contribution >= 4 is 12.7 Å². The molecule has 0 saturated carbocycles. The van der Waals surface area contributed by atoms with Crippen LogP contribution in [0.15, 0.2) is 24.3 Å². The molecule has 0 aromatic rings. The van der Waals surface area contributed by atoms with E-state index in [0.717, 1.165) is 25.8 Å². The number of allylic oxidation sites excluding steroid dienone is 2. The third kappa shape index (κ3) is 17.3. The monoisotopic (exact) mass is 431 g/mol. The van der Waals surface area contributed by atoms with Crippen molar-refractivity contribution in [3.05, 3.63) is 24.3 Å². The number of methoxy groups -OCH3 is 1. The van der Waals surface area contributed by atoms with E-state index < -0.39 is 0 Å². The minimum atomic E-state index is 0.0327. The molecule has 1 unspecified atom stereocenters. The predicted molar refractivity (Wildman–Crippen MR) is 123 cm³/mol. The van der Waals surface area contributed by atoms with Crippen molar-refractivity contribution in [3.63, 3.8) is 0 Å². The number of ether oxygens (including phenoxy) is 3. The summed E-state index contributed by atoms with van der Waals surface area (Å²) >= 11 is 0. The van der Waals surface area contributed by atoms with Crippen molar-refractivity contribution in [2.24, 2.45) is 5.92 Å². The van der Waals surface area contributed by atoms with Gasteiger partial charge in [0, 0.05) is 26.8 Å². The SMILES string of the molecule is C=CCCC1C(=O)N(CCOCCOCCOC)C/C1=C/CC.C=O.CC.CCO. The molecule has 1 heterocycles. The molecule has 1 fully saturated rings. The Morgan fingerprint density at radius 2 is 1.63 bits per heavy atom. The largest absolute Gasteiger partial charge is 0.397 e. The van der Waals surface area contributed by atoms with E-state index >= 15 is 0 Å². The Labute approximate surface area is 184 Å². The Hall–Kier alpha value is -1.54. The summed E-state index contributed by atoms with van der Waals surface area (Å²) in [7, 11) is 1.65. The number of aliphatic hydroxyl groups excluding tert-OH is 1. The van der Waals surface area contributed by atoms with Crippen molar-refractivity contribution in [2.45, 2.75) is 47.0 Å². The van der Waals surface area contributed by atoms with Crippen LogP contribution >= 0.6 is 0 Å². The molecule has 1 rings (SSSR count). The number of hydrogen-bond donors (Lipinski definition) is 1. The first-order valence-corrected chi connectivity index (χ1v) is 10.8. The molecule has 0 bridgehead atoms. The third-order valence-electron chi connectivity index (χ3n) is 3.87. The number of nitrogens with zero attached hydrogens (tertiary/aromatic N) is 1. The molecule has 7 nitrogen and oxygen atoms in total. The maximum absolute atomic E-state index is 12.5.